The Bertz CT molecular complexity index is 777. The van der Waals surface area contributed by atoms with Gasteiger partial charge in [0, 0.05) is 11.6 Å². The first-order valence-electron chi connectivity index (χ1n) is 5.87. The standard InChI is InChI=1S/C14H10N2O4/c1-19-11-5-2-9(3-6-11)14-15-12-7-4-10(16(17)18)8-13(12)20-14/h2-8H,1H3. The molecule has 2 aromatic carbocycles. The Kier molecular flexibility index (Phi) is 2.83. The van der Waals surface area contributed by atoms with E-state index in [0.29, 0.717) is 17.0 Å². The highest BCUT2D eigenvalue weighted by molar-refractivity contribution is 5.78. The summed E-state index contributed by atoms with van der Waals surface area (Å²) < 4.78 is 10.6. The van der Waals surface area contributed by atoms with Crippen molar-refractivity contribution in [2.24, 2.45) is 0 Å². The molecule has 0 aliphatic carbocycles. The van der Waals surface area contributed by atoms with Crippen molar-refractivity contribution in [2.45, 2.75) is 0 Å². The number of nitrogens with zero attached hydrogens (tertiary/aromatic N) is 2. The van der Waals surface area contributed by atoms with Crippen molar-refractivity contribution in [1.29, 1.82) is 0 Å². The number of fused-ring (bicyclic) bond motifs is 1. The van der Waals surface area contributed by atoms with E-state index < -0.39 is 4.92 Å². The molecule has 1 aromatic heterocycles. The van der Waals surface area contributed by atoms with Crippen LogP contribution in [-0.4, -0.2) is 17.0 Å². The van der Waals surface area contributed by atoms with Crippen LogP contribution in [0, 0.1) is 10.1 Å². The van der Waals surface area contributed by atoms with Crippen molar-refractivity contribution < 1.29 is 14.1 Å². The van der Waals surface area contributed by atoms with Crippen molar-refractivity contribution in [3.8, 4) is 17.2 Å². The summed E-state index contributed by atoms with van der Waals surface area (Å²) in [6.07, 6.45) is 0. The van der Waals surface area contributed by atoms with Crippen LogP contribution in [0.1, 0.15) is 0 Å². The van der Waals surface area contributed by atoms with Crippen molar-refractivity contribution >= 4 is 16.8 Å². The Labute approximate surface area is 113 Å². The van der Waals surface area contributed by atoms with Gasteiger partial charge in [0.05, 0.1) is 18.1 Å². The second kappa shape index (κ2) is 4.65. The number of hydrogen-bond acceptors (Lipinski definition) is 5. The fraction of sp³-hybridized carbons (Fsp3) is 0.0714. The highest BCUT2D eigenvalue weighted by Crippen LogP contribution is 2.27. The molecule has 20 heavy (non-hydrogen) atoms. The second-order valence-corrected chi connectivity index (χ2v) is 4.16. The zero-order valence-corrected chi connectivity index (χ0v) is 10.6. The topological polar surface area (TPSA) is 78.4 Å². The maximum atomic E-state index is 10.7. The van der Waals surface area contributed by atoms with E-state index in [0.717, 1.165) is 11.3 Å². The van der Waals surface area contributed by atoms with Crippen LogP contribution in [0.25, 0.3) is 22.6 Å². The van der Waals surface area contributed by atoms with Crippen LogP contribution < -0.4 is 4.74 Å². The normalized spacial score (nSPS) is 10.7. The molecule has 0 aliphatic heterocycles. The van der Waals surface area contributed by atoms with Crippen LogP contribution in [0.15, 0.2) is 46.9 Å². The van der Waals surface area contributed by atoms with Crippen LogP contribution in [0.5, 0.6) is 5.75 Å². The van der Waals surface area contributed by atoms with Crippen molar-refractivity contribution in [3.63, 3.8) is 0 Å². The molecule has 3 rings (SSSR count). The van der Waals surface area contributed by atoms with Crippen LogP contribution >= 0.6 is 0 Å². The predicted octanol–water partition coefficient (Wildman–Crippen LogP) is 3.41. The third kappa shape index (κ3) is 2.07. The first kappa shape index (κ1) is 12.2. The molecule has 0 atom stereocenters. The van der Waals surface area contributed by atoms with Gasteiger partial charge in [0.2, 0.25) is 5.89 Å². The lowest BCUT2D eigenvalue weighted by Gasteiger charge is -1.99. The molecule has 0 fully saturated rings. The fourth-order valence-corrected chi connectivity index (χ4v) is 1.88. The Morgan fingerprint density at radius 1 is 1.20 bits per heavy atom. The van der Waals surface area contributed by atoms with Crippen molar-refractivity contribution in [1.82, 2.24) is 4.98 Å². The van der Waals surface area contributed by atoms with E-state index in [1.165, 1.54) is 12.1 Å². The largest absolute Gasteiger partial charge is 0.497 e. The predicted molar refractivity (Wildman–Crippen MR) is 72.7 cm³/mol. The molecule has 0 spiro atoms. The smallest absolute Gasteiger partial charge is 0.273 e. The average molecular weight is 270 g/mol. The van der Waals surface area contributed by atoms with Gasteiger partial charge in [0.1, 0.15) is 11.3 Å². The Balaban J connectivity index is 2.05. The van der Waals surface area contributed by atoms with Gasteiger partial charge in [-0.2, -0.15) is 0 Å². The number of oxazole rings is 1. The number of hydrogen-bond donors (Lipinski definition) is 0. The Hall–Kier alpha value is -2.89. The van der Waals surface area contributed by atoms with Crippen LogP contribution in [-0.2, 0) is 0 Å². The molecule has 0 radical (unpaired) electrons. The van der Waals surface area contributed by atoms with E-state index in [4.69, 9.17) is 9.15 Å². The van der Waals surface area contributed by atoms with E-state index >= 15 is 0 Å². The number of non-ortho nitro benzene ring substituents is 1. The number of ether oxygens (including phenoxy) is 1. The maximum absolute atomic E-state index is 10.7. The summed E-state index contributed by atoms with van der Waals surface area (Å²) in [6, 6.07) is 11.6. The van der Waals surface area contributed by atoms with Crippen LogP contribution in [0.2, 0.25) is 0 Å². The molecule has 0 saturated carbocycles. The lowest BCUT2D eigenvalue weighted by Crippen LogP contribution is -1.86. The third-order valence-electron chi connectivity index (χ3n) is 2.92. The van der Waals surface area contributed by atoms with Crippen molar-refractivity contribution in [2.75, 3.05) is 7.11 Å². The summed E-state index contributed by atoms with van der Waals surface area (Å²) in [7, 11) is 1.59. The van der Waals surface area contributed by atoms with E-state index in [1.54, 1.807) is 25.3 Å². The van der Waals surface area contributed by atoms with Crippen molar-refractivity contribution in [3.05, 3.63) is 52.6 Å². The summed E-state index contributed by atoms with van der Waals surface area (Å²) in [6.45, 7) is 0. The fourth-order valence-electron chi connectivity index (χ4n) is 1.88. The minimum Gasteiger partial charge on any atom is -0.497 e. The van der Waals surface area contributed by atoms with Gasteiger partial charge in [-0.05, 0) is 30.3 Å². The van der Waals surface area contributed by atoms with Gasteiger partial charge in [-0.15, -0.1) is 0 Å². The molecule has 0 aliphatic rings. The van der Waals surface area contributed by atoms with Crippen LogP contribution in [0.3, 0.4) is 0 Å². The average Bonchev–Trinajstić information content (AvgIpc) is 2.90. The van der Waals surface area contributed by atoms with Gasteiger partial charge in [-0.1, -0.05) is 0 Å². The minimum absolute atomic E-state index is 0.0186. The minimum atomic E-state index is -0.463. The molecule has 6 nitrogen and oxygen atoms in total. The molecule has 3 aromatic rings. The van der Waals surface area contributed by atoms with Gasteiger partial charge in [0.15, 0.2) is 5.58 Å². The van der Waals surface area contributed by atoms with Gasteiger partial charge >= 0.3 is 0 Å². The molecule has 0 N–H and O–H groups in total. The summed E-state index contributed by atoms with van der Waals surface area (Å²) in [5.41, 5.74) is 1.74. The number of rotatable bonds is 3. The molecule has 0 bridgehead atoms. The number of benzene rings is 2. The van der Waals surface area contributed by atoms with Gasteiger partial charge in [0.25, 0.3) is 5.69 Å². The number of aromatic nitrogens is 1. The lowest BCUT2D eigenvalue weighted by atomic mass is 10.2. The van der Waals surface area contributed by atoms with Gasteiger partial charge in [-0.25, -0.2) is 4.98 Å². The van der Waals surface area contributed by atoms with E-state index in [1.807, 2.05) is 12.1 Å². The van der Waals surface area contributed by atoms with E-state index in [-0.39, 0.29) is 5.69 Å². The molecule has 6 heteroatoms. The molecule has 0 amide bonds. The highest BCUT2D eigenvalue weighted by Gasteiger charge is 2.12. The Morgan fingerprint density at radius 2 is 1.95 bits per heavy atom. The first-order chi connectivity index (χ1) is 9.67. The quantitative estimate of drug-likeness (QED) is 0.538. The molecular weight excluding hydrogens is 260 g/mol. The Morgan fingerprint density at radius 3 is 2.60 bits per heavy atom. The molecule has 0 saturated heterocycles. The molecule has 1 heterocycles. The van der Waals surface area contributed by atoms with Crippen LogP contribution in [0.4, 0.5) is 5.69 Å². The molecule has 0 unspecified atom stereocenters. The lowest BCUT2D eigenvalue weighted by molar-refractivity contribution is -0.384. The SMILES string of the molecule is COc1ccc(-c2nc3ccc([N+](=O)[O-])cc3o2)cc1. The zero-order chi connectivity index (χ0) is 14.1. The summed E-state index contributed by atoms with van der Waals surface area (Å²) in [5, 5.41) is 10.7. The number of methoxy groups -OCH3 is 1. The number of nitro groups is 1. The number of nitro benzene ring substituents is 1. The summed E-state index contributed by atoms with van der Waals surface area (Å²) in [5.74, 6) is 1.16. The molecular formula is C14H10N2O4. The highest BCUT2D eigenvalue weighted by atomic mass is 16.6. The van der Waals surface area contributed by atoms with Gasteiger partial charge < -0.3 is 9.15 Å². The monoisotopic (exact) mass is 270 g/mol. The van der Waals surface area contributed by atoms with E-state index in [9.17, 15) is 10.1 Å². The van der Waals surface area contributed by atoms with E-state index in [2.05, 4.69) is 4.98 Å². The van der Waals surface area contributed by atoms with Gasteiger partial charge in [-0.3, -0.25) is 10.1 Å². The molecule has 100 valence electrons. The maximum Gasteiger partial charge on any atom is 0.273 e. The zero-order valence-electron chi connectivity index (χ0n) is 10.6. The first-order valence-corrected chi connectivity index (χ1v) is 5.87. The second-order valence-electron chi connectivity index (χ2n) is 4.16. The third-order valence-corrected chi connectivity index (χ3v) is 2.92. The summed E-state index contributed by atoms with van der Waals surface area (Å²) >= 11 is 0. The summed E-state index contributed by atoms with van der Waals surface area (Å²) in [4.78, 5) is 14.6.